The van der Waals surface area contributed by atoms with E-state index in [1.54, 1.807) is 31.7 Å². The summed E-state index contributed by atoms with van der Waals surface area (Å²) in [6, 6.07) is 5.51. The molecule has 2 aromatic rings. The first-order chi connectivity index (χ1) is 13.0. The van der Waals surface area contributed by atoms with Crippen molar-refractivity contribution in [3.63, 3.8) is 0 Å². The molecule has 1 N–H and O–H groups in total. The van der Waals surface area contributed by atoms with Crippen LogP contribution in [0, 0.1) is 0 Å². The van der Waals surface area contributed by atoms with Gasteiger partial charge in [0.25, 0.3) is 5.91 Å². The van der Waals surface area contributed by atoms with Crippen LogP contribution in [0.2, 0.25) is 0 Å². The summed E-state index contributed by atoms with van der Waals surface area (Å²) in [6.45, 7) is 5.35. The van der Waals surface area contributed by atoms with Crippen LogP contribution in [0.25, 0.3) is 10.6 Å². The second-order valence-corrected chi connectivity index (χ2v) is 6.39. The normalized spacial score (nSPS) is 11.4. The summed E-state index contributed by atoms with van der Waals surface area (Å²) < 4.78 is 15.9. The highest BCUT2D eigenvalue weighted by atomic mass is 32.1. The minimum absolute atomic E-state index is 0.0259. The molecule has 0 saturated heterocycles. The molecular formula is C19H22N2O5S. The number of aromatic nitrogens is 1. The zero-order valence-corrected chi connectivity index (χ0v) is 16.3. The fourth-order valence-electron chi connectivity index (χ4n) is 2.32. The summed E-state index contributed by atoms with van der Waals surface area (Å²) in [7, 11) is 3.13. The molecule has 1 atom stereocenters. The Morgan fingerprint density at radius 2 is 2.11 bits per heavy atom. The monoisotopic (exact) mass is 390 g/mol. The summed E-state index contributed by atoms with van der Waals surface area (Å²) in [5, 5.41) is 5.05. The molecule has 1 amide bonds. The molecular weight excluding hydrogens is 368 g/mol. The average molecular weight is 390 g/mol. The van der Waals surface area contributed by atoms with Crippen molar-refractivity contribution in [2.75, 3.05) is 20.8 Å². The first-order valence-corrected chi connectivity index (χ1v) is 9.12. The molecule has 144 valence electrons. The number of methoxy groups -OCH3 is 2. The van der Waals surface area contributed by atoms with Crippen LogP contribution < -0.4 is 14.8 Å². The van der Waals surface area contributed by atoms with Crippen molar-refractivity contribution in [2.45, 2.75) is 19.4 Å². The van der Waals surface area contributed by atoms with Crippen molar-refractivity contribution in [3.05, 3.63) is 41.9 Å². The lowest BCUT2D eigenvalue weighted by atomic mass is 10.2. The average Bonchev–Trinajstić information content (AvgIpc) is 3.13. The second-order valence-electron chi connectivity index (χ2n) is 5.53. The SMILES string of the molecule is C=CCNC(=O)[C@@H](C)OC(=O)Cc1csc(-c2cccc(OC)c2OC)n1. The number of rotatable bonds is 9. The largest absolute Gasteiger partial charge is 0.493 e. The van der Waals surface area contributed by atoms with E-state index in [1.165, 1.54) is 18.3 Å². The number of carbonyl (C=O) groups excluding carboxylic acids is 2. The van der Waals surface area contributed by atoms with E-state index in [2.05, 4.69) is 16.9 Å². The van der Waals surface area contributed by atoms with Gasteiger partial charge in [0.15, 0.2) is 17.6 Å². The van der Waals surface area contributed by atoms with E-state index >= 15 is 0 Å². The molecule has 0 aliphatic rings. The van der Waals surface area contributed by atoms with Crippen molar-refractivity contribution in [1.29, 1.82) is 0 Å². The number of amides is 1. The Kier molecular flexibility index (Phi) is 7.36. The molecule has 27 heavy (non-hydrogen) atoms. The van der Waals surface area contributed by atoms with Crippen LogP contribution in [-0.2, 0) is 20.7 Å². The number of para-hydroxylation sites is 1. The fourth-order valence-corrected chi connectivity index (χ4v) is 3.17. The molecule has 0 aliphatic carbocycles. The van der Waals surface area contributed by atoms with Crippen molar-refractivity contribution >= 4 is 23.2 Å². The minimum Gasteiger partial charge on any atom is -0.493 e. The van der Waals surface area contributed by atoms with E-state index in [0.717, 1.165) is 5.56 Å². The second kappa shape index (κ2) is 9.72. The molecule has 0 aliphatic heterocycles. The summed E-state index contributed by atoms with van der Waals surface area (Å²) >= 11 is 1.38. The molecule has 7 nitrogen and oxygen atoms in total. The van der Waals surface area contributed by atoms with Crippen LogP contribution in [-0.4, -0.2) is 43.7 Å². The van der Waals surface area contributed by atoms with Gasteiger partial charge in [-0.2, -0.15) is 0 Å². The highest BCUT2D eigenvalue weighted by molar-refractivity contribution is 7.13. The number of esters is 1. The highest BCUT2D eigenvalue weighted by Gasteiger charge is 2.19. The Labute approximate surface area is 162 Å². The molecule has 1 aromatic heterocycles. The van der Waals surface area contributed by atoms with E-state index in [1.807, 2.05) is 12.1 Å². The lowest BCUT2D eigenvalue weighted by molar-refractivity contribution is -0.154. The molecule has 1 heterocycles. The lowest BCUT2D eigenvalue weighted by Crippen LogP contribution is -2.36. The first-order valence-electron chi connectivity index (χ1n) is 8.24. The summed E-state index contributed by atoms with van der Waals surface area (Å²) in [5.74, 6) is 0.288. The number of thiazole rings is 1. The molecule has 8 heteroatoms. The van der Waals surface area contributed by atoms with Gasteiger partial charge in [-0.3, -0.25) is 9.59 Å². The van der Waals surface area contributed by atoms with E-state index in [0.29, 0.717) is 28.7 Å². The predicted molar refractivity (Wildman–Crippen MR) is 103 cm³/mol. The van der Waals surface area contributed by atoms with Crippen molar-refractivity contribution in [2.24, 2.45) is 0 Å². The lowest BCUT2D eigenvalue weighted by Gasteiger charge is -2.12. The number of hydrogen-bond acceptors (Lipinski definition) is 7. The van der Waals surface area contributed by atoms with Gasteiger partial charge >= 0.3 is 5.97 Å². The summed E-state index contributed by atoms with van der Waals surface area (Å²) in [6.07, 6.45) is 0.645. The van der Waals surface area contributed by atoms with Crippen LogP contribution in [0.4, 0.5) is 0 Å². The standard InChI is InChI=1S/C19H22N2O5S/c1-5-9-20-18(23)12(2)26-16(22)10-13-11-27-19(21-13)14-7-6-8-15(24-3)17(14)25-4/h5-8,11-12H,1,9-10H2,2-4H3,(H,20,23)/t12-/m1/s1. The van der Waals surface area contributed by atoms with Crippen LogP contribution in [0.3, 0.4) is 0 Å². The number of nitrogens with zero attached hydrogens (tertiary/aromatic N) is 1. The Morgan fingerprint density at radius 3 is 2.78 bits per heavy atom. The van der Waals surface area contributed by atoms with Gasteiger partial charge in [-0.05, 0) is 19.1 Å². The maximum absolute atomic E-state index is 12.1. The Bertz CT molecular complexity index is 818. The van der Waals surface area contributed by atoms with Crippen molar-refractivity contribution in [1.82, 2.24) is 10.3 Å². The van der Waals surface area contributed by atoms with E-state index in [4.69, 9.17) is 14.2 Å². The Hall–Kier alpha value is -2.87. The van der Waals surface area contributed by atoms with Crippen molar-refractivity contribution in [3.8, 4) is 22.1 Å². The molecule has 2 rings (SSSR count). The van der Waals surface area contributed by atoms with Crippen LogP contribution in [0.1, 0.15) is 12.6 Å². The van der Waals surface area contributed by atoms with Gasteiger partial charge < -0.3 is 19.5 Å². The van der Waals surface area contributed by atoms with Gasteiger partial charge in [0, 0.05) is 11.9 Å². The zero-order valence-electron chi connectivity index (χ0n) is 15.5. The summed E-state index contributed by atoms with van der Waals surface area (Å²) in [4.78, 5) is 28.3. The quantitative estimate of drug-likeness (QED) is 0.523. The van der Waals surface area contributed by atoms with Gasteiger partial charge in [-0.1, -0.05) is 12.1 Å². The molecule has 0 bridgehead atoms. The van der Waals surface area contributed by atoms with Crippen LogP contribution in [0.15, 0.2) is 36.2 Å². The van der Waals surface area contributed by atoms with Gasteiger partial charge in [0.1, 0.15) is 5.01 Å². The van der Waals surface area contributed by atoms with Gasteiger partial charge in [-0.25, -0.2) is 4.98 Å². The smallest absolute Gasteiger partial charge is 0.312 e. The van der Waals surface area contributed by atoms with E-state index in [-0.39, 0.29) is 12.3 Å². The third-order valence-corrected chi connectivity index (χ3v) is 4.53. The maximum Gasteiger partial charge on any atom is 0.312 e. The highest BCUT2D eigenvalue weighted by Crippen LogP contribution is 2.38. The predicted octanol–water partition coefficient (Wildman–Crippen LogP) is 2.60. The van der Waals surface area contributed by atoms with Crippen LogP contribution in [0.5, 0.6) is 11.5 Å². The fraction of sp³-hybridized carbons (Fsp3) is 0.316. The van der Waals surface area contributed by atoms with Gasteiger partial charge in [-0.15, -0.1) is 17.9 Å². The minimum atomic E-state index is -0.881. The molecule has 0 unspecified atom stereocenters. The molecule has 0 spiro atoms. The van der Waals surface area contributed by atoms with E-state index < -0.39 is 12.1 Å². The maximum atomic E-state index is 12.1. The van der Waals surface area contributed by atoms with E-state index in [9.17, 15) is 9.59 Å². The molecule has 0 radical (unpaired) electrons. The molecule has 0 fully saturated rings. The van der Waals surface area contributed by atoms with Crippen LogP contribution >= 0.6 is 11.3 Å². The third kappa shape index (κ3) is 5.30. The van der Waals surface area contributed by atoms with Gasteiger partial charge in [0.2, 0.25) is 0 Å². The Morgan fingerprint density at radius 1 is 1.33 bits per heavy atom. The summed E-state index contributed by atoms with van der Waals surface area (Å²) in [5.41, 5.74) is 1.34. The number of ether oxygens (including phenoxy) is 3. The number of carbonyl (C=O) groups is 2. The zero-order chi connectivity index (χ0) is 19.8. The third-order valence-electron chi connectivity index (χ3n) is 3.61. The first kappa shape index (κ1) is 20.4. The Balaban J connectivity index is 2.05. The van der Waals surface area contributed by atoms with Crippen molar-refractivity contribution < 1.29 is 23.8 Å². The van der Waals surface area contributed by atoms with Gasteiger partial charge in [0.05, 0.1) is 31.9 Å². The number of hydrogen-bond donors (Lipinski definition) is 1. The molecule has 0 saturated carbocycles. The molecule has 1 aromatic carbocycles. The number of benzene rings is 1. The number of nitrogens with one attached hydrogen (secondary N) is 1. The topological polar surface area (TPSA) is 86.8 Å².